The Bertz CT molecular complexity index is 540. The third kappa shape index (κ3) is 1.43. The fraction of sp³-hybridized carbons (Fsp3) is 0. The van der Waals surface area contributed by atoms with Crippen LogP contribution < -0.4 is 16.6 Å². The zero-order valence-electron chi connectivity index (χ0n) is 8.53. The van der Waals surface area contributed by atoms with Crippen molar-refractivity contribution in [3.8, 4) is 0 Å². The van der Waals surface area contributed by atoms with Crippen LogP contribution in [0.2, 0.25) is 0 Å². The molecule has 0 amide bonds. The van der Waals surface area contributed by atoms with E-state index in [-0.39, 0.29) is 0 Å². The number of benzene rings is 2. The van der Waals surface area contributed by atoms with E-state index < -0.39 is 0 Å². The first-order valence-electron chi connectivity index (χ1n) is 5.02. The number of rotatable bonds is 1. The monoisotopic (exact) mass is 229 g/mol. The van der Waals surface area contributed by atoms with Crippen LogP contribution >= 0.6 is 11.8 Å². The van der Waals surface area contributed by atoms with Crippen LogP contribution in [0, 0.1) is 0 Å². The van der Waals surface area contributed by atoms with Crippen LogP contribution in [0.4, 0.5) is 17.1 Å². The van der Waals surface area contributed by atoms with Crippen molar-refractivity contribution in [2.45, 2.75) is 9.79 Å². The molecule has 4 N–H and O–H groups in total. The maximum absolute atomic E-state index is 5.49. The van der Waals surface area contributed by atoms with E-state index in [2.05, 4.69) is 28.9 Å². The van der Waals surface area contributed by atoms with Crippen LogP contribution in [-0.4, -0.2) is 0 Å². The van der Waals surface area contributed by atoms with Gasteiger partial charge in [0.25, 0.3) is 0 Å². The van der Waals surface area contributed by atoms with Crippen molar-refractivity contribution in [3.05, 3.63) is 42.5 Å². The van der Waals surface area contributed by atoms with Gasteiger partial charge in [0, 0.05) is 9.79 Å². The molecule has 1 heterocycles. The first kappa shape index (κ1) is 9.57. The van der Waals surface area contributed by atoms with E-state index in [4.69, 9.17) is 5.84 Å². The largest absolute Gasteiger partial charge is 0.352 e. The molecule has 0 radical (unpaired) electrons. The summed E-state index contributed by atoms with van der Waals surface area (Å²) in [4.78, 5) is 2.43. The van der Waals surface area contributed by atoms with Crippen LogP contribution in [0.15, 0.2) is 52.3 Å². The average molecular weight is 229 g/mol. The molecule has 3 rings (SSSR count). The number of nitrogens with two attached hydrogens (primary N) is 1. The summed E-state index contributed by atoms with van der Waals surface area (Å²) >= 11 is 1.75. The van der Waals surface area contributed by atoms with E-state index in [1.807, 2.05) is 24.3 Å². The molecule has 0 bridgehead atoms. The number of anilines is 3. The number of hydrogen-bond donors (Lipinski definition) is 3. The molecule has 16 heavy (non-hydrogen) atoms. The van der Waals surface area contributed by atoms with Gasteiger partial charge in [-0.05, 0) is 24.3 Å². The Morgan fingerprint density at radius 1 is 1.00 bits per heavy atom. The summed E-state index contributed by atoms with van der Waals surface area (Å²) in [6.07, 6.45) is 0. The maximum Gasteiger partial charge on any atom is 0.0775 e. The minimum absolute atomic E-state index is 0.916. The Morgan fingerprint density at radius 2 is 1.81 bits per heavy atom. The van der Waals surface area contributed by atoms with E-state index in [0.29, 0.717) is 0 Å². The lowest BCUT2D eigenvalue weighted by atomic mass is 10.2. The highest BCUT2D eigenvalue weighted by atomic mass is 32.2. The van der Waals surface area contributed by atoms with Gasteiger partial charge in [-0.2, -0.15) is 0 Å². The molecule has 2 aromatic carbocycles. The van der Waals surface area contributed by atoms with Crippen molar-refractivity contribution in [2.24, 2.45) is 5.84 Å². The van der Waals surface area contributed by atoms with E-state index in [0.717, 1.165) is 17.1 Å². The number of nitrogen functional groups attached to an aromatic ring is 1. The average Bonchev–Trinajstić information content (AvgIpc) is 2.35. The molecule has 2 aromatic rings. The number of hydrazine groups is 1. The number of fused-ring (bicyclic) bond motifs is 2. The normalized spacial score (nSPS) is 12.3. The number of nitrogens with one attached hydrogen (secondary N) is 2. The van der Waals surface area contributed by atoms with E-state index in [1.165, 1.54) is 9.79 Å². The topological polar surface area (TPSA) is 50.1 Å². The van der Waals surface area contributed by atoms with Gasteiger partial charge in [-0.25, -0.2) is 0 Å². The van der Waals surface area contributed by atoms with E-state index >= 15 is 0 Å². The Balaban J connectivity index is 2.12. The smallest absolute Gasteiger partial charge is 0.0775 e. The number of hydrogen-bond acceptors (Lipinski definition) is 4. The first-order chi connectivity index (χ1) is 7.88. The van der Waals surface area contributed by atoms with Gasteiger partial charge in [0.2, 0.25) is 0 Å². The zero-order valence-corrected chi connectivity index (χ0v) is 9.34. The first-order valence-corrected chi connectivity index (χ1v) is 5.83. The molecular formula is C12H11N3S. The minimum Gasteiger partial charge on any atom is -0.352 e. The predicted octanol–water partition coefficient (Wildman–Crippen LogP) is 3.18. The van der Waals surface area contributed by atoms with Crippen molar-refractivity contribution in [3.63, 3.8) is 0 Å². The van der Waals surface area contributed by atoms with Gasteiger partial charge in [0.05, 0.1) is 17.1 Å². The molecule has 80 valence electrons. The Kier molecular flexibility index (Phi) is 2.23. The molecule has 0 spiro atoms. The lowest BCUT2D eigenvalue weighted by Gasteiger charge is -2.22. The summed E-state index contributed by atoms with van der Waals surface area (Å²) in [7, 11) is 0. The second-order valence-electron chi connectivity index (χ2n) is 3.55. The van der Waals surface area contributed by atoms with Gasteiger partial charge < -0.3 is 10.7 Å². The highest BCUT2D eigenvalue weighted by Gasteiger charge is 2.17. The second kappa shape index (κ2) is 3.73. The summed E-state index contributed by atoms with van der Waals surface area (Å²) in [5, 5.41) is 3.40. The van der Waals surface area contributed by atoms with Gasteiger partial charge in [-0.1, -0.05) is 30.0 Å². The lowest BCUT2D eigenvalue weighted by molar-refractivity contribution is 1.27. The van der Waals surface area contributed by atoms with Gasteiger partial charge >= 0.3 is 0 Å². The lowest BCUT2D eigenvalue weighted by Crippen LogP contribution is -2.10. The molecule has 0 aromatic heterocycles. The molecule has 1 aliphatic heterocycles. The molecule has 0 unspecified atom stereocenters. The predicted molar refractivity (Wildman–Crippen MR) is 68.1 cm³/mol. The third-order valence-corrected chi connectivity index (χ3v) is 3.68. The molecule has 0 aliphatic carbocycles. The Hall–Kier alpha value is -1.65. The van der Waals surface area contributed by atoms with Crippen LogP contribution in [0.25, 0.3) is 0 Å². The molecular weight excluding hydrogens is 218 g/mol. The number of para-hydroxylation sites is 2. The highest BCUT2D eigenvalue weighted by molar-refractivity contribution is 7.99. The summed E-state index contributed by atoms with van der Waals surface area (Å²) in [5.41, 5.74) is 5.80. The van der Waals surface area contributed by atoms with Crippen molar-refractivity contribution in [2.75, 3.05) is 10.7 Å². The summed E-state index contributed by atoms with van der Waals surface area (Å²) in [6, 6.07) is 14.3. The fourth-order valence-electron chi connectivity index (χ4n) is 1.78. The van der Waals surface area contributed by atoms with E-state index in [1.54, 1.807) is 11.8 Å². The molecule has 0 saturated carbocycles. The van der Waals surface area contributed by atoms with Crippen LogP contribution in [-0.2, 0) is 0 Å². The van der Waals surface area contributed by atoms with Crippen molar-refractivity contribution in [1.29, 1.82) is 0 Å². The van der Waals surface area contributed by atoms with Crippen molar-refractivity contribution >= 4 is 28.8 Å². The Morgan fingerprint density at radius 3 is 2.69 bits per heavy atom. The quantitative estimate of drug-likeness (QED) is 0.443. The molecule has 0 saturated heterocycles. The van der Waals surface area contributed by atoms with Crippen molar-refractivity contribution < 1.29 is 0 Å². The molecule has 4 heteroatoms. The molecule has 3 nitrogen and oxygen atoms in total. The van der Waals surface area contributed by atoms with Gasteiger partial charge in [-0.15, -0.1) is 0 Å². The second-order valence-corrected chi connectivity index (χ2v) is 4.63. The SMILES string of the molecule is NNc1cccc2c1Nc1ccccc1S2. The third-order valence-electron chi connectivity index (χ3n) is 2.55. The maximum atomic E-state index is 5.49. The van der Waals surface area contributed by atoms with Crippen LogP contribution in [0.1, 0.15) is 0 Å². The zero-order chi connectivity index (χ0) is 11.0. The minimum atomic E-state index is 0.916. The highest BCUT2D eigenvalue weighted by Crippen LogP contribution is 2.46. The molecule has 1 aliphatic rings. The molecule has 0 atom stereocenters. The Labute approximate surface area is 98.0 Å². The summed E-state index contributed by atoms with van der Waals surface area (Å²) in [5.74, 6) is 5.49. The van der Waals surface area contributed by atoms with Crippen LogP contribution in [0.5, 0.6) is 0 Å². The van der Waals surface area contributed by atoms with Gasteiger partial charge in [-0.3, -0.25) is 5.84 Å². The standard InChI is InChI=1S/C12H11N3S/c13-15-9-5-3-7-11-12(9)14-8-4-1-2-6-10(8)16-11/h1-7,14-15H,13H2. The summed E-state index contributed by atoms with van der Waals surface area (Å²) < 4.78 is 0. The van der Waals surface area contributed by atoms with Gasteiger partial charge in [0.1, 0.15) is 0 Å². The molecule has 0 fully saturated rings. The summed E-state index contributed by atoms with van der Waals surface area (Å²) in [6.45, 7) is 0. The van der Waals surface area contributed by atoms with Gasteiger partial charge in [0.15, 0.2) is 0 Å². The fourth-order valence-corrected chi connectivity index (χ4v) is 2.80. The van der Waals surface area contributed by atoms with E-state index in [9.17, 15) is 0 Å². The van der Waals surface area contributed by atoms with Crippen molar-refractivity contribution in [1.82, 2.24) is 0 Å². The van der Waals surface area contributed by atoms with Crippen LogP contribution in [0.3, 0.4) is 0 Å².